The zero-order valence-corrected chi connectivity index (χ0v) is 10.9. The van der Waals surface area contributed by atoms with Crippen molar-refractivity contribution in [1.29, 1.82) is 0 Å². The van der Waals surface area contributed by atoms with Crippen LogP contribution in [-0.4, -0.2) is 29.0 Å². The quantitative estimate of drug-likeness (QED) is 0.873. The van der Waals surface area contributed by atoms with Crippen LogP contribution in [0.5, 0.6) is 0 Å². The van der Waals surface area contributed by atoms with E-state index < -0.39 is 12.2 Å². The maximum Gasteiger partial charge on any atom is 0.107 e. The van der Waals surface area contributed by atoms with Gasteiger partial charge in [-0.25, -0.2) is 0 Å². The summed E-state index contributed by atoms with van der Waals surface area (Å²) in [7, 11) is 0. The predicted octanol–water partition coefficient (Wildman–Crippen LogP) is 2.49. The first kappa shape index (κ1) is 13.1. The number of halogens is 2. The molecule has 0 aromatic heterocycles. The lowest BCUT2D eigenvalue weighted by Gasteiger charge is -2.15. The lowest BCUT2D eigenvalue weighted by molar-refractivity contribution is -0.0225. The molecule has 94 valence electrons. The second kappa shape index (κ2) is 5.12. The summed E-state index contributed by atoms with van der Waals surface area (Å²) in [6.07, 6.45) is -1.10. The molecule has 3 atom stereocenters. The summed E-state index contributed by atoms with van der Waals surface area (Å²) >= 11 is 12.1. The molecule has 1 aliphatic rings. The lowest BCUT2D eigenvalue weighted by Crippen LogP contribution is -2.24. The summed E-state index contributed by atoms with van der Waals surface area (Å²) in [6, 6.07) is 3.67. The van der Waals surface area contributed by atoms with Crippen LogP contribution in [0.15, 0.2) is 12.1 Å². The van der Waals surface area contributed by atoms with E-state index in [0.717, 1.165) is 11.1 Å². The van der Waals surface area contributed by atoms with Gasteiger partial charge >= 0.3 is 0 Å². The van der Waals surface area contributed by atoms with Crippen LogP contribution in [0.3, 0.4) is 0 Å². The van der Waals surface area contributed by atoms with Crippen LogP contribution >= 0.6 is 23.2 Å². The van der Waals surface area contributed by atoms with Crippen LogP contribution in [-0.2, 0) is 4.74 Å². The summed E-state index contributed by atoms with van der Waals surface area (Å²) in [5.74, 6) is 0. The highest BCUT2D eigenvalue weighted by molar-refractivity contribution is 6.42. The van der Waals surface area contributed by atoms with Gasteiger partial charge in [0.15, 0.2) is 0 Å². The van der Waals surface area contributed by atoms with Crippen LogP contribution in [0.2, 0.25) is 10.0 Å². The van der Waals surface area contributed by atoms with E-state index in [1.165, 1.54) is 0 Å². The third kappa shape index (κ3) is 2.59. The van der Waals surface area contributed by atoms with E-state index in [-0.39, 0.29) is 12.7 Å². The van der Waals surface area contributed by atoms with Gasteiger partial charge in [-0.3, -0.25) is 0 Å². The van der Waals surface area contributed by atoms with Crippen LogP contribution < -0.4 is 0 Å². The van der Waals surface area contributed by atoms with E-state index in [1.807, 2.05) is 13.0 Å². The molecule has 1 aromatic carbocycles. The third-order valence-electron chi connectivity index (χ3n) is 2.95. The largest absolute Gasteiger partial charge is 0.394 e. The first-order valence-electron chi connectivity index (χ1n) is 5.43. The molecule has 2 rings (SSSR count). The van der Waals surface area contributed by atoms with Gasteiger partial charge in [-0.15, -0.1) is 0 Å². The summed E-state index contributed by atoms with van der Waals surface area (Å²) in [5.41, 5.74) is 1.76. The number of benzene rings is 1. The fraction of sp³-hybridized carbons (Fsp3) is 0.500. The number of aliphatic hydroxyl groups is 2. The molecule has 3 nitrogen and oxygen atoms in total. The Morgan fingerprint density at radius 3 is 2.71 bits per heavy atom. The average Bonchev–Trinajstić information content (AvgIpc) is 2.64. The van der Waals surface area contributed by atoms with Gasteiger partial charge in [-0.1, -0.05) is 29.3 Å². The number of hydrogen-bond acceptors (Lipinski definition) is 3. The Kier molecular flexibility index (Phi) is 3.95. The fourth-order valence-corrected chi connectivity index (χ4v) is 2.59. The van der Waals surface area contributed by atoms with Gasteiger partial charge < -0.3 is 14.9 Å². The van der Waals surface area contributed by atoms with E-state index in [0.29, 0.717) is 16.5 Å². The fourth-order valence-electron chi connectivity index (χ4n) is 2.08. The van der Waals surface area contributed by atoms with E-state index in [4.69, 9.17) is 33.0 Å². The molecule has 1 fully saturated rings. The number of aryl methyl sites for hydroxylation is 1. The molecule has 17 heavy (non-hydrogen) atoms. The van der Waals surface area contributed by atoms with Crippen molar-refractivity contribution >= 4 is 23.2 Å². The van der Waals surface area contributed by atoms with Crippen molar-refractivity contribution in [2.75, 3.05) is 6.61 Å². The van der Waals surface area contributed by atoms with Gasteiger partial charge in [0, 0.05) is 12.0 Å². The SMILES string of the molecule is Cc1cc(Cl)c(Cl)c([C@H]2CC(O)[C@@H](CO)O2)c1. The van der Waals surface area contributed by atoms with Crippen molar-refractivity contribution in [3.8, 4) is 0 Å². The molecule has 1 unspecified atom stereocenters. The number of rotatable bonds is 2. The van der Waals surface area contributed by atoms with Crippen LogP contribution in [0.4, 0.5) is 0 Å². The van der Waals surface area contributed by atoms with Crippen LogP contribution in [0, 0.1) is 6.92 Å². The molecule has 5 heteroatoms. The maximum atomic E-state index is 9.69. The van der Waals surface area contributed by atoms with E-state index in [2.05, 4.69) is 0 Å². The number of ether oxygens (including phenoxy) is 1. The van der Waals surface area contributed by atoms with E-state index in [9.17, 15) is 5.11 Å². The van der Waals surface area contributed by atoms with Crippen molar-refractivity contribution in [1.82, 2.24) is 0 Å². The van der Waals surface area contributed by atoms with Crippen molar-refractivity contribution < 1.29 is 14.9 Å². The zero-order valence-electron chi connectivity index (χ0n) is 9.36. The van der Waals surface area contributed by atoms with Gasteiger partial charge in [0.05, 0.1) is 28.9 Å². The van der Waals surface area contributed by atoms with Gasteiger partial charge in [-0.05, 0) is 18.6 Å². The summed E-state index contributed by atoms with van der Waals surface area (Å²) in [6.45, 7) is 1.72. The Bertz CT molecular complexity index is 422. The second-order valence-corrected chi connectivity index (χ2v) is 5.08. The minimum Gasteiger partial charge on any atom is -0.394 e. The standard InChI is InChI=1S/C12H14Cl2O3/c1-6-2-7(12(14)8(13)3-6)10-4-9(16)11(5-15)17-10/h2-3,9-11,15-16H,4-5H2,1H3/t9?,10-,11-/m1/s1. The third-order valence-corrected chi connectivity index (χ3v) is 3.77. The summed E-state index contributed by atoms with van der Waals surface area (Å²) in [4.78, 5) is 0. The Balaban J connectivity index is 2.30. The lowest BCUT2D eigenvalue weighted by atomic mass is 10.0. The zero-order chi connectivity index (χ0) is 12.6. The van der Waals surface area contributed by atoms with Crippen LogP contribution in [0.1, 0.15) is 23.7 Å². The van der Waals surface area contributed by atoms with Gasteiger partial charge in [0.1, 0.15) is 6.10 Å². The Hall–Kier alpha value is -0.320. The summed E-state index contributed by atoms with van der Waals surface area (Å²) < 4.78 is 5.56. The molecule has 1 aromatic rings. The minimum atomic E-state index is -0.666. The van der Waals surface area contributed by atoms with Crippen LogP contribution in [0.25, 0.3) is 0 Å². The minimum absolute atomic E-state index is 0.200. The normalized spacial score (nSPS) is 28.6. The first-order valence-corrected chi connectivity index (χ1v) is 6.18. The molecule has 0 radical (unpaired) electrons. The topological polar surface area (TPSA) is 49.7 Å². The van der Waals surface area contributed by atoms with E-state index in [1.54, 1.807) is 6.07 Å². The Morgan fingerprint density at radius 1 is 1.41 bits per heavy atom. The second-order valence-electron chi connectivity index (χ2n) is 4.30. The molecule has 1 saturated heterocycles. The molecular weight excluding hydrogens is 263 g/mol. The Labute approximate surface area is 110 Å². The first-order chi connectivity index (χ1) is 8.02. The predicted molar refractivity (Wildman–Crippen MR) is 66.5 cm³/mol. The molecular formula is C12H14Cl2O3. The Morgan fingerprint density at radius 2 is 2.12 bits per heavy atom. The van der Waals surface area contributed by atoms with Crippen molar-refractivity contribution in [2.24, 2.45) is 0 Å². The van der Waals surface area contributed by atoms with Crippen molar-refractivity contribution in [3.63, 3.8) is 0 Å². The van der Waals surface area contributed by atoms with E-state index >= 15 is 0 Å². The average molecular weight is 277 g/mol. The molecule has 0 spiro atoms. The van der Waals surface area contributed by atoms with Gasteiger partial charge in [0.2, 0.25) is 0 Å². The molecule has 0 saturated carbocycles. The monoisotopic (exact) mass is 276 g/mol. The van der Waals surface area contributed by atoms with Crippen molar-refractivity contribution in [2.45, 2.75) is 31.7 Å². The molecule has 0 amide bonds. The van der Waals surface area contributed by atoms with Crippen molar-refractivity contribution in [3.05, 3.63) is 33.3 Å². The van der Waals surface area contributed by atoms with Gasteiger partial charge in [-0.2, -0.15) is 0 Å². The number of hydrogen-bond donors (Lipinski definition) is 2. The number of aliphatic hydroxyl groups excluding tert-OH is 2. The molecule has 1 heterocycles. The molecule has 0 aliphatic carbocycles. The molecule has 1 aliphatic heterocycles. The highest BCUT2D eigenvalue weighted by Crippen LogP contribution is 2.39. The molecule has 2 N–H and O–H groups in total. The van der Waals surface area contributed by atoms with Gasteiger partial charge in [0.25, 0.3) is 0 Å². The smallest absolute Gasteiger partial charge is 0.107 e. The summed E-state index contributed by atoms with van der Waals surface area (Å²) in [5, 5.41) is 19.7. The highest BCUT2D eigenvalue weighted by Gasteiger charge is 2.35. The maximum absolute atomic E-state index is 9.69. The molecule has 0 bridgehead atoms. The highest BCUT2D eigenvalue weighted by atomic mass is 35.5.